The SMILES string of the molecule is c1ccc(-c2ccc([Si](c3ccccc3)(c3ccccc3)c3cc(-n4c5ccccc5c5cc(-n6c7ccccc7c7ccccc76)ccc54)c4sc5ccccc5c4c3)cc2)cc1. The number of nitrogens with zero attached hydrogens (tertiary/aromatic N) is 2. The van der Waals surface area contributed by atoms with Gasteiger partial charge in [0.15, 0.2) is 8.07 Å². The summed E-state index contributed by atoms with van der Waals surface area (Å²) in [5, 5.41) is 13.0. The highest BCUT2D eigenvalue weighted by molar-refractivity contribution is 7.26. The smallest absolute Gasteiger partial charge is 0.179 e. The van der Waals surface area contributed by atoms with Crippen LogP contribution in [0.15, 0.2) is 243 Å². The fraction of sp³-hybridized carbons (Fsp3) is 0. The van der Waals surface area contributed by atoms with Gasteiger partial charge in [-0.2, -0.15) is 0 Å². The van der Waals surface area contributed by atoms with Crippen LogP contribution in [0, 0.1) is 0 Å². The molecule has 0 N–H and O–H groups in total. The molecule has 0 fully saturated rings. The molecule has 13 rings (SSSR count). The maximum Gasteiger partial charge on any atom is 0.179 e. The maximum absolute atomic E-state index is 2.99. The van der Waals surface area contributed by atoms with Gasteiger partial charge in [0.05, 0.1) is 32.5 Å². The van der Waals surface area contributed by atoms with Crippen LogP contribution in [-0.4, -0.2) is 17.2 Å². The highest BCUT2D eigenvalue weighted by Gasteiger charge is 2.42. The first-order valence-corrected chi connectivity index (χ1v) is 24.8. The normalized spacial score (nSPS) is 12.1. The Morgan fingerprint density at radius 1 is 0.297 bits per heavy atom. The first kappa shape index (κ1) is 36.9. The van der Waals surface area contributed by atoms with Gasteiger partial charge in [-0.15, -0.1) is 11.3 Å². The Bertz CT molecular complexity index is 3790. The van der Waals surface area contributed by atoms with Crippen molar-refractivity contribution in [2.24, 2.45) is 0 Å². The van der Waals surface area contributed by atoms with E-state index in [2.05, 4.69) is 252 Å². The third-order valence-corrected chi connectivity index (χ3v) is 19.4. The molecule has 4 heteroatoms. The molecule has 0 amide bonds. The molecule has 3 heterocycles. The molecule has 0 radical (unpaired) electrons. The number of rotatable bonds is 7. The van der Waals surface area contributed by atoms with Crippen molar-refractivity contribution in [1.82, 2.24) is 9.13 Å². The summed E-state index contributed by atoms with van der Waals surface area (Å²) in [5.41, 5.74) is 9.65. The van der Waals surface area contributed by atoms with Crippen LogP contribution in [0.3, 0.4) is 0 Å². The summed E-state index contributed by atoms with van der Waals surface area (Å²) >= 11 is 1.90. The topological polar surface area (TPSA) is 9.86 Å². The van der Waals surface area contributed by atoms with Crippen molar-refractivity contribution in [3.8, 4) is 22.5 Å². The van der Waals surface area contributed by atoms with E-state index < -0.39 is 8.07 Å². The number of para-hydroxylation sites is 3. The molecule has 0 atom stereocenters. The molecule has 0 aliphatic heterocycles. The predicted molar refractivity (Wildman–Crippen MR) is 277 cm³/mol. The van der Waals surface area contributed by atoms with Crippen LogP contribution < -0.4 is 20.7 Å². The number of fused-ring (bicyclic) bond motifs is 9. The molecule has 13 aromatic rings. The van der Waals surface area contributed by atoms with Gasteiger partial charge >= 0.3 is 0 Å². The Hall–Kier alpha value is -7.76. The molecule has 0 bridgehead atoms. The van der Waals surface area contributed by atoms with E-state index in [1.807, 2.05) is 11.3 Å². The highest BCUT2D eigenvalue weighted by atomic mass is 32.1. The van der Waals surface area contributed by atoms with E-state index in [1.54, 1.807) is 0 Å². The largest absolute Gasteiger partial charge is 0.309 e. The Morgan fingerprint density at radius 3 is 1.39 bits per heavy atom. The summed E-state index contributed by atoms with van der Waals surface area (Å²) in [5.74, 6) is 0. The lowest BCUT2D eigenvalue weighted by Gasteiger charge is -2.35. The first-order valence-electron chi connectivity index (χ1n) is 22.0. The van der Waals surface area contributed by atoms with Gasteiger partial charge in [-0.1, -0.05) is 194 Å². The summed E-state index contributed by atoms with van der Waals surface area (Å²) in [6.45, 7) is 0. The van der Waals surface area contributed by atoms with Crippen molar-refractivity contribution in [2.45, 2.75) is 0 Å². The van der Waals surface area contributed by atoms with Crippen molar-refractivity contribution in [2.75, 3.05) is 0 Å². The van der Waals surface area contributed by atoms with Crippen LogP contribution >= 0.6 is 11.3 Å². The van der Waals surface area contributed by atoms with E-state index in [4.69, 9.17) is 0 Å². The van der Waals surface area contributed by atoms with Gasteiger partial charge in [-0.3, -0.25) is 0 Å². The molecular formula is C60H40N2SSi. The van der Waals surface area contributed by atoms with E-state index >= 15 is 0 Å². The fourth-order valence-corrected chi connectivity index (χ4v) is 16.6. The second kappa shape index (κ2) is 14.7. The molecule has 10 aromatic carbocycles. The number of benzene rings is 10. The average Bonchev–Trinajstić information content (AvgIpc) is 4.03. The zero-order valence-electron chi connectivity index (χ0n) is 34.9. The first-order chi connectivity index (χ1) is 31.8. The van der Waals surface area contributed by atoms with Crippen LogP contribution in [0.25, 0.3) is 86.3 Å². The van der Waals surface area contributed by atoms with Gasteiger partial charge < -0.3 is 9.13 Å². The monoisotopic (exact) mass is 848 g/mol. The summed E-state index contributed by atoms with van der Waals surface area (Å²) in [6, 6.07) is 90.7. The zero-order valence-corrected chi connectivity index (χ0v) is 36.7. The van der Waals surface area contributed by atoms with E-state index in [1.165, 1.54) is 101 Å². The van der Waals surface area contributed by atoms with Gasteiger partial charge in [0, 0.05) is 42.7 Å². The van der Waals surface area contributed by atoms with E-state index in [-0.39, 0.29) is 0 Å². The molecule has 64 heavy (non-hydrogen) atoms. The van der Waals surface area contributed by atoms with Gasteiger partial charge in [0.1, 0.15) is 0 Å². The highest BCUT2D eigenvalue weighted by Crippen LogP contribution is 2.42. The number of hydrogen-bond donors (Lipinski definition) is 0. The average molecular weight is 849 g/mol. The van der Waals surface area contributed by atoms with E-state index in [0.717, 1.165) is 5.69 Å². The fourth-order valence-electron chi connectivity index (χ4n) is 10.7. The van der Waals surface area contributed by atoms with Crippen molar-refractivity contribution in [3.05, 3.63) is 243 Å². The molecule has 0 unspecified atom stereocenters. The van der Waals surface area contributed by atoms with E-state index in [0.29, 0.717) is 0 Å². The molecule has 0 saturated heterocycles. The minimum Gasteiger partial charge on any atom is -0.309 e. The van der Waals surface area contributed by atoms with Crippen molar-refractivity contribution >= 4 is 104 Å². The van der Waals surface area contributed by atoms with Crippen molar-refractivity contribution < 1.29 is 0 Å². The Kier molecular flexibility index (Phi) is 8.45. The maximum atomic E-state index is 2.57. The van der Waals surface area contributed by atoms with Crippen LogP contribution in [-0.2, 0) is 0 Å². The lowest BCUT2D eigenvalue weighted by atomic mass is 10.1. The Labute approximate surface area is 376 Å². The molecule has 0 spiro atoms. The number of aromatic nitrogens is 2. The number of hydrogen-bond acceptors (Lipinski definition) is 1. The summed E-state index contributed by atoms with van der Waals surface area (Å²) in [6.07, 6.45) is 0. The second-order valence-corrected chi connectivity index (χ2v) is 21.7. The Balaban J connectivity index is 1.13. The molecule has 3 aromatic heterocycles. The van der Waals surface area contributed by atoms with Crippen molar-refractivity contribution in [1.29, 1.82) is 0 Å². The molecule has 0 aliphatic rings. The molecule has 0 saturated carbocycles. The Morgan fingerprint density at radius 2 is 0.766 bits per heavy atom. The van der Waals surface area contributed by atoms with Crippen LogP contribution in [0.5, 0.6) is 0 Å². The molecule has 2 nitrogen and oxygen atoms in total. The van der Waals surface area contributed by atoms with Crippen LogP contribution in [0.1, 0.15) is 0 Å². The standard InChI is InChI=1S/C60H40N2SSi/c1-4-18-41(19-5-1)42-32-35-46(36-33-42)64(44-20-6-2-7-21-44,45-22-8-3-9-23-45)47-39-53-51-27-13-17-31-59(51)63-60(53)58(40-47)62-56-30-16-12-26-50(56)52-38-43(34-37-57(52)62)61-54-28-14-10-24-48(54)49-25-11-15-29-55(49)61/h1-40H. The quantitative estimate of drug-likeness (QED) is 0.112. The summed E-state index contributed by atoms with van der Waals surface area (Å²) in [7, 11) is -2.99. The lowest BCUT2D eigenvalue weighted by Crippen LogP contribution is -2.74. The van der Waals surface area contributed by atoms with Crippen molar-refractivity contribution in [3.63, 3.8) is 0 Å². The van der Waals surface area contributed by atoms with Gasteiger partial charge in [0.25, 0.3) is 0 Å². The van der Waals surface area contributed by atoms with Gasteiger partial charge in [-0.05, 0) is 80.4 Å². The summed E-state index contributed by atoms with van der Waals surface area (Å²) < 4.78 is 7.59. The summed E-state index contributed by atoms with van der Waals surface area (Å²) in [4.78, 5) is 0. The molecular weight excluding hydrogens is 809 g/mol. The van der Waals surface area contributed by atoms with Gasteiger partial charge in [0.2, 0.25) is 0 Å². The second-order valence-electron chi connectivity index (χ2n) is 16.8. The molecule has 0 aliphatic carbocycles. The lowest BCUT2D eigenvalue weighted by molar-refractivity contribution is 1.17. The molecule has 300 valence electrons. The van der Waals surface area contributed by atoms with Crippen LogP contribution in [0.4, 0.5) is 0 Å². The minimum atomic E-state index is -2.99. The van der Waals surface area contributed by atoms with Crippen LogP contribution in [0.2, 0.25) is 0 Å². The third-order valence-electron chi connectivity index (χ3n) is 13.5. The zero-order chi connectivity index (χ0) is 42.2. The third kappa shape index (κ3) is 5.50. The van der Waals surface area contributed by atoms with E-state index in [9.17, 15) is 0 Å². The number of thiophene rings is 1. The minimum absolute atomic E-state index is 1.16. The predicted octanol–water partition coefficient (Wildman–Crippen LogP) is 13.3. The van der Waals surface area contributed by atoms with Gasteiger partial charge in [-0.25, -0.2) is 0 Å².